The van der Waals surface area contributed by atoms with Gasteiger partial charge in [0.25, 0.3) is 0 Å². The predicted molar refractivity (Wildman–Crippen MR) is 80.9 cm³/mol. The van der Waals surface area contributed by atoms with E-state index in [9.17, 15) is 14.0 Å². The van der Waals surface area contributed by atoms with E-state index in [1.165, 1.54) is 12.1 Å². The van der Waals surface area contributed by atoms with Crippen LogP contribution in [0, 0.1) is 11.7 Å². The first kappa shape index (κ1) is 15.0. The maximum Gasteiger partial charge on any atom is 0.239 e. The molecule has 6 heteroatoms. The fourth-order valence-electron chi connectivity index (χ4n) is 3.16. The zero-order valence-electron chi connectivity index (χ0n) is 12.6. The molecular formula is C16H20FN3O2. The highest BCUT2D eigenvalue weighted by Crippen LogP contribution is 2.27. The van der Waals surface area contributed by atoms with Gasteiger partial charge in [-0.1, -0.05) is 0 Å². The van der Waals surface area contributed by atoms with E-state index in [0.29, 0.717) is 25.2 Å². The van der Waals surface area contributed by atoms with Crippen LogP contribution >= 0.6 is 0 Å². The molecule has 1 N–H and O–H groups in total. The van der Waals surface area contributed by atoms with Gasteiger partial charge in [0.1, 0.15) is 11.7 Å². The molecule has 5 nitrogen and oxygen atoms in total. The van der Waals surface area contributed by atoms with E-state index in [4.69, 9.17) is 0 Å². The van der Waals surface area contributed by atoms with E-state index in [1.807, 2.05) is 6.92 Å². The maximum absolute atomic E-state index is 13.0. The summed E-state index contributed by atoms with van der Waals surface area (Å²) in [5.74, 6) is -1.20. The number of nitrogens with zero attached hydrogens (tertiary/aromatic N) is 2. The number of rotatable bonds is 2. The van der Waals surface area contributed by atoms with Crippen molar-refractivity contribution in [2.45, 2.75) is 19.4 Å². The van der Waals surface area contributed by atoms with Gasteiger partial charge in [0.05, 0.1) is 0 Å². The van der Waals surface area contributed by atoms with Crippen molar-refractivity contribution in [2.24, 2.45) is 5.92 Å². The van der Waals surface area contributed by atoms with Crippen LogP contribution in [-0.2, 0) is 9.59 Å². The average molecular weight is 305 g/mol. The summed E-state index contributed by atoms with van der Waals surface area (Å²) in [5.41, 5.74) is 0.648. The number of carbonyl (C=O) groups excluding carboxylic acids is 2. The summed E-state index contributed by atoms with van der Waals surface area (Å²) in [7, 11) is 0. The Hall–Kier alpha value is -1.95. The van der Waals surface area contributed by atoms with Gasteiger partial charge in [-0.05, 0) is 37.6 Å². The standard InChI is InChI=1S/C16H20FN3O2/c1-11-10-18-7-9-19(11)15(21)14-6-8-20(16(14)22)13-4-2-12(17)3-5-13/h2-5,11,14,18H,6-10H2,1H3/t11-,14?/m1/s1. The van der Waals surface area contributed by atoms with Crippen LogP contribution in [0.5, 0.6) is 0 Å². The molecule has 2 fully saturated rings. The van der Waals surface area contributed by atoms with Crippen LogP contribution < -0.4 is 10.2 Å². The lowest BCUT2D eigenvalue weighted by Crippen LogP contribution is -2.54. The number of anilines is 1. The molecule has 2 atom stereocenters. The lowest BCUT2D eigenvalue weighted by atomic mass is 10.0. The smallest absolute Gasteiger partial charge is 0.239 e. The third kappa shape index (κ3) is 2.70. The van der Waals surface area contributed by atoms with Gasteiger partial charge in [0.15, 0.2) is 0 Å². The van der Waals surface area contributed by atoms with Crippen LogP contribution in [0.4, 0.5) is 10.1 Å². The Morgan fingerprint density at radius 1 is 1.27 bits per heavy atom. The largest absolute Gasteiger partial charge is 0.337 e. The van der Waals surface area contributed by atoms with Crippen LogP contribution in [0.2, 0.25) is 0 Å². The molecule has 1 unspecified atom stereocenters. The minimum Gasteiger partial charge on any atom is -0.337 e. The Balaban J connectivity index is 1.73. The Morgan fingerprint density at radius 2 is 2.00 bits per heavy atom. The molecule has 0 aromatic heterocycles. The summed E-state index contributed by atoms with van der Waals surface area (Å²) in [6.45, 7) is 4.65. The number of hydrogen-bond acceptors (Lipinski definition) is 3. The number of piperazine rings is 1. The molecular weight excluding hydrogens is 285 g/mol. The van der Waals surface area contributed by atoms with Gasteiger partial charge in [0.2, 0.25) is 11.8 Å². The van der Waals surface area contributed by atoms with Gasteiger partial charge in [-0.3, -0.25) is 9.59 Å². The average Bonchev–Trinajstić information content (AvgIpc) is 2.90. The lowest BCUT2D eigenvalue weighted by Gasteiger charge is -2.35. The number of carbonyl (C=O) groups is 2. The molecule has 0 aliphatic carbocycles. The highest BCUT2D eigenvalue weighted by Gasteiger charge is 2.41. The van der Waals surface area contributed by atoms with E-state index < -0.39 is 5.92 Å². The number of hydrogen-bond donors (Lipinski definition) is 1. The summed E-state index contributed by atoms with van der Waals surface area (Å²) >= 11 is 0. The molecule has 0 radical (unpaired) electrons. The maximum atomic E-state index is 13.0. The monoisotopic (exact) mass is 305 g/mol. The summed E-state index contributed by atoms with van der Waals surface area (Å²) in [6.07, 6.45) is 0.520. The highest BCUT2D eigenvalue weighted by molar-refractivity contribution is 6.09. The normalized spacial score (nSPS) is 25.6. The quantitative estimate of drug-likeness (QED) is 0.829. The number of halogens is 1. The van der Waals surface area contributed by atoms with Crippen molar-refractivity contribution in [2.75, 3.05) is 31.1 Å². The highest BCUT2D eigenvalue weighted by atomic mass is 19.1. The van der Waals surface area contributed by atoms with Crippen molar-refractivity contribution >= 4 is 17.5 Å². The van der Waals surface area contributed by atoms with Crippen LogP contribution in [0.3, 0.4) is 0 Å². The third-order valence-corrected chi connectivity index (χ3v) is 4.43. The molecule has 2 amide bonds. The van der Waals surface area contributed by atoms with E-state index in [-0.39, 0.29) is 23.7 Å². The molecule has 0 bridgehead atoms. The molecule has 2 aliphatic rings. The zero-order chi connectivity index (χ0) is 15.7. The van der Waals surface area contributed by atoms with Gasteiger partial charge < -0.3 is 15.1 Å². The van der Waals surface area contributed by atoms with Crippen molar-refractivity contribution in [3.05, 3.63) is 30.1 Å². The Morgan fingerprint density at radius 3 is 2.68 bits per heavy atom. The van der Waals surface area contributed by atoms with Crippen molar-refractivity contribution in [3.8, 4) is 0 Å². The lowest BCUT2D eigenvalue weighted by molar-refractivity contribution is -0.142. The number of nitrogens with one attached hydrogen (secondary N) is 1. The molecule has 1 aromatic rings. The molecule has 0 spiro atoms. The Labute approximate surface area is 129 Å². The first-order chi connectivity index (χ1) is 10.6. The third-order valence-electron chi connectivity index (χ3n) is 4.43. The number of amides is 2. The SMILES string of the molecule is C[C@@H]1CNCCN1C(=O)C1CCN(c2ccc(F)cc2)C1=O. The van der Waals surface area contributed by atoms with Crippen LogP contribution in [-0.4, -0.2) is 48.9 Å². The molecule has 2 aliphatic heterocycles. The molecule has 118 valence electrons. The van der Waals surface area contributed by atoms with E-state index in [0.717, 1.165) is 13.1 Å². The van der Waals surface area contributed by atoms with E-state index in [2.05, 4.69) is 5.32 Å². The first-order valence-corrected chi connectivity index (χ1v) is 7.66. The fraction of sp³-hybridized carbons (Fsp3) is 0.500. The summed E-state index contributed by atoms with van der Waals surface area (Å²) in [5, 5.41) is 3.24. The topological polar surface area (TPSA) is 52.7 Å². The van der Waals surface area contributed by atoms with Gasteiger partial charge in [0, 0.05) is 37.9 Å². The second-order valence-corrected chi connectivity index (χ2v) is 5.89. The molecule has 22 heavy (non-hydrogen) atoms. The number of benzene rings is 1. The van der Waals surface area contributed by atoms with Gasteiger partial charge in [-0.15, -0.1) is 0 Å². The second kappa shape index (κ2) is 6.04. The molecule has 1 aromatic carbocycles. The van der Waals surface area contributed by atoms with Crippen molar-refractivity contribution < 1.29 is 14.0 Å². The minimum absolute atomic E-state index is 0.0800. The molecule has 0 saturated carbocycles. The summed E-state index contributed by atoms with van der Waals surface area (Å²) in [6, 6.07) is 5.92. The molecule has 2 heterocycles. The first-order valence-electron chi connectivity index (χ1n) is 7.66. The van der Waals surface area contributed by atoms with Gasteiger partial charge in [-0.2, -0.15) is 0 Å². The minimum atomic E-state index is -0.606. The van der Waals surface area contributed by atoms with Crippen molar-refractivity contribution in [1.29, 1.82) is 0 Å². The van der Waals surface area contributed by atoms with Crippen molar-refractivity contribution in [3.63, 3.8) is 0 Å². The Bertz CT molecular complexity index is 575. The second-order valence-electron chi connectivity index (χ2n) is 5.89. The van der Waals surface area contributed by atoms with E-state index in [1.54, 1.807) is 21.9 Å². The van der Waals surface area contributed by atoms with Crippen LogP contribution in [0.1, 0.15) is 13.3 Å². The summed E-state index contributed by atoms with van der Waals surface area (Å²) in [4.78, 5) is 28.6. The Kier molecular flexibility index (Phi) is 4.11. The summed E-state index contributed by atoms with van der Waals surface area (Å²) < 4.78 is 13.0. The predicted octanol–water partition coefficient (Wildman–Crippen LogP) is 0.999. The zero-order valence-corrected chi connectivity index (χ0v) is 12.6. The van der Waals surface area contributed by atoms with E-state index >= 15 is 0 Å². The van der Waals surface area contributed by atoms with Gasteiger partial charge in [-0.25, -0.2) is 4.39 Å². The molecule has 3 rings (SSSR count). The van der Waals surface area contributed by atoms with Crippen LogP contribution in [0.15, 0.2) is 24.3 Å². The van der Waals surface area contributed by atoms with Gasteiger partial charge >= 0.3 is 0 Å². The van der Waals surface area contributed by atoms with Crippen molar-refractivity contribution in [1.82, 2.24) is 10.2 Å². The fourth-order valence-corrected chi connectivity index (χ4v) is 3.16. The van der Waals surface area contributed by atoms with Crippen LogP contribution in [0.25, 0.3) is 0 Å². The molecule has 2 saturated heterocycles.